The van der Waals surface area contributed by atoms with Crippen LogP contribution in [0.1, 0.15) is 38.3 Å². The summed E-state index contributed by atoms with van der Waals surface area (Å²) in [7, 11) is -0.552. The Kier molecular flexibility index (Phi) is 6.76. The maximum atomic E-state index is 13.1. The van der Waals surface area contributed by atoms with Gasteiger partial charge in [-0.1, -0.05) is 26.8 Å². The molecule has 0 saturated heterocycles. The first kappa shape index (κ1) is 23.7. The molecule has 1 aromatic rings. The molecule has 2 N–H and O–H groups in total. The fourth-order valence-corrected chi connectivity index (χ4v) is 4.21. The Morgan fingerprint density at radius 2 is 1.93 bits per heavy atom. The number of amides is 1. The number of hydrogen-bond acceptors (Lipinski definition) is 4. The molecule has 2 rings (SSSR count). The number of fused-ring (bicyclic) bond motifs is 1. The van der Waals surface area contributed by atoms with Crippen LogP contribution in [0.4, 0.5) is 13.2 Å². The lowest BCUT2D eigenvalue weighted by Gasteiger charge is -2.42. The van der Waals surface area contributed by atoms with Crippen LogP contribution in [0, 0.1) is 0 Å². The Balaban J connectivity index is 2.35. The van der Waals surface area contributed by atoms with Crippen molar-refractivity contribution in [2.24, 2.45) is 0 Å². The zero-order valence-electron chi connectivity index (χ0n) is 17.9. The minimum atomic E-state index is -4.97. The van der Waals surface area contributed by atoms with Crippen LogP contribution in [0.5, 0.6) is 5.75 Å². The van der Waals surface area contributed by atoms with Crippen LogP contribution >= 0.6 is 0 Å². The smallest absolute Gasteiger partial charge is 0.471 e. The molecule has 164 valence electrons. The lowest BCUT2D eigenvalue weighted by atomic mass is 9.86. The average Bonchev–Trinajstić information content (AvgIpc) is 2.59. The molecule has 1 heterocycles. The van der Waals surface area contributed by atoms with Crippen LogP contribution in [-0.4, -0.2) is 40.7 Å². The molecule has 0 unspecified atom stereocenters. The van der Waals surface area contributed by atoms with Gasteiger partial charge in [0, 0.05) is 19.6 Å². The van der Waals surface area contributed by atoms with Crippen molar-refractivity contribution in [1.82, 2.24) is 10.6 Å². The Morgan fingerprint density at radius 3 is 2.48 bits per heavy atom. The number of ether oxygens (including phenoxy) is 1. The summed E-state index contributed by atoms with van der Waals surface area (Å²) >= 11 is 0. The summed E-state index contributed by atoms with van der Waals surface area (Å²) in [5, 5.41) is 5.30. The SMILES string of the molecule is COc1ccc2c(c1)CCN[C@]2(CCO[Si](C)(C)C(C)(C)C)NC(=O)C(F)(F)F. The van der Waals surface area contributed by atoms with Crippen LogP contribution in [0.15, 0.2) is 18.2 Å². The molecule has 1 aromatic carbocycles. The molecule has 0 spiro atoms. The molecule has 1 atom stereocenters. The third kappa shape index (κ3) is 5.32. The van der Waals surface area contributed by atoms with E-state index in [1.807, 2.05) is 0 Å². The summed E-state index contributed by atoms with van der Waals surface area (Å²) in [6, 6.07) is 5.21. The third-order valence-corrected chi connectivity index (χ3v) is 10.5. The number of carbonyl (C=O) groups excluding carboxylic acids is 1. The predicted octanol–water partition coefficient (Wildman–Crippen LogP) is 4.08. The van der Waals surface area contributed by atoms with E-state index < -0.39 is 26.1 Å². The van der Waals surface area contributed by atoms with Crippen molar-refractivity contribution < 1.29 is 27.1 Å². The molecule has 0 aromatic heterocycles. The molecule has 0 aliphatic carbocycles. The first-order chi connectivity index (χ1) is 13.2. The number of alkyl halides is 3. The zero-order chi connectivity index (χ0) is 22.1. The van der Waals surface area contributed by atoms with E-state index in [0.717, 1.165) is 5.56 Å². The lowest BCUT2D eigenvalue weighted by molar-refractivity contribution is -0.176. The van der Waals surface area contributed by atoms with Crippen LogP contribution < -0.4 is 15.4 Å². The number of nitrogens with one attached hydrogen (secondary N) is 2. The van der Waals surface area contributed by atoms with E-state index in [9.17, 15) is 18.0 Å². The Hall–Kier alpha value is -1.58. The number of carbonyl (C=O) groups is 1. The summed E-state index contributed by atoms with van der Waals surface area (Å²) in [5.74, 6) is -1.35. The highest BCUT2D eigenvalue weighted by Gasteiger charge is 2.46. The second kappa shape index (κ2) is 8.27. The lowest BCUT2D eigenvalue weighted by Crippen LogP contribution is -2.62. The van der Waals surface area contributed by atoms with E-state index in [1.54, 1.807) is 18.2 Å². The number of hydrogen-bond donors (Lipinski definition) is 2. The third-order valence-electron chi connectivity index (χ3n) is 5.92. The molecule has 0 saturated carbocycles. The van der Waals surface area contributed by atoms with Gasteiger partial charge >= 0.3 is 12.1 Å². The number of methoxy groups -OCH3 is 1. The molecular weight excluding hydrogens is 401 g/mol. The van der Waals surface area contributed by atoms with E-state index >= 15 is 0 Å². The fraction of sp³-hybridized carbons (Fsp3) is 0.650. The summed E-state index contributed by atoms with van der Waals surface area (Å²) in [4.78, 5) is 11.9. The van der Waals surface area contributed by atoms with E-state index in [2.05, 4.69) is 44.5 Å². The van der Waals surface area contributed by atoms with E-state index in [0.29, 0.717) is 24.3 Å². The van der Waals surface area contributed by atoms with E-state index in [4.69, 9.17) is 9.16 Å². The van der Waals surface area contributed by atoms with Crippen LogP contribution in [0.3, 0.4) is 0 Å². The number of benzene rings is 1. The minimum Gasteiger partial charge on any atom is -0.497 e. The standard InChI is InChI=1S/C20H31F3N2O3Si/c1-18(2,3)29(5,6)28-12-10-19(25-17(26)20(21,22)23)16-8-7-15(27-4)13-14(16)9-11-24-19/h7-8,13,24H,9-12H2,1-6H3,(H,25,26)/t19-/m1/s1. The molecule has 1 aliphatic heterocycles. The van der Waals surface area contributed by atoms with Gasteiger partial charge in [-0.2, -0.15) is 13.2 Å². The van der Waals surface area contributed by atoms with Gasteiger partial charge in [-0.05, 0) is 47.8 Å². The zero-order valence-corrected chi connectivity index (χ0v) is 18.9. The predicted molar refractivity (Wildman–Crippen MR) is 108 cm³/mol. The van der Waals surface area contributed by atoms with Crippen molar-refractivity contribution in [1.29, 1.82) is 0 Å². The van der Waals surface area contributed by atoms with Gasteiger partial charge in [-0.15, -0.1) is 0 Å². The molecule has 0 fully saturated rings. The highest BCUT2D eigenvalue weighted by molar-refractivity contribution is 6.74. The van der Waals surface area contributed by atoms with Gasteiger partial charge in [0.2, 0.25) is 0 Å². The van der Waals surface area contributed by atoms with E-state index in [1.165, 1.54) is 7.11 Å². The van der Waals surface area contributed by atoms with Gasteiger partial charge in [-0.3, -0.25) is 10.1 Å². The van der Waals surface area contributed by atoms with Gasteiger partial charge in [0.25, 0.3) is 0 Å². The fourth-order valence-electron chi connectivity index (χ4n) is 3.16. The van der Waals surface area contributed by atoms with Crippen molar-refractivity contribution in [2.45, 2.75) is 63.6 Å². The largest absolute Gasteiger partial charge is 0.497 e. The summed E-state index contributed by atoms with van der Waals surface area (Å²) < 4.78 is 50.6. The van der Waals surface area contributed by atoms with Gasteiger partial charge in [-0.25, -0.2) is 0 Å². The highest BCUT2D eigenvalue weighted by Crippen LogP contribution is 2.38. The summed E-state index contributed by atoms with van der Waals surface area (Å²) in [6.45, 7) is 11.1. The topological polar surface area (TPSA) is 59.6 Å². The molecule has 5 nitrogen and oxygen atoms in total. The van der Waals surface area contributed by atoms with Gasteiger partial charge in [0.1, 0.15) is 11.4 Å². The molecule has 29 heavy (non-hydrogen) atoms. The van der Waals surface area contributed by atoms with Crippen molar-refractivity contribution in [3.63, 3.8) is 0 Å². The Morgan fingerprint density at radius 1 is 1.28 bits per heavy atom. The first-order valence-corrected chi connectivity index (χ1v) is 12.6. The summed E-state index contributed by atoms with van der Waals surface area (Å²) in [6.07, 6.45) is -4.17. The van der Waals surface area contributed by atoms with Crippen LogP contribution in [0.25, 0.3) is 0 Å². The highest BCUT2D eigenvalue weighted by atomic mass is 28.4. The maximum Gasteiger partial charge on any atom is 0.471 e. The van der Waals surface area contributed by atoms with Crippen LogP contribution in [0.2, 0.25) is 18.1 Å². The quantitative estimate of drug-likeness (QED) is 0.665. The Bertz CT molecular complexity index is 747. The monoisotopic (exact) mass is 432 g/mol. The summed E-state index contributed by atoms with van der Waals surface area (Å²) in [5.41, 5.74) is 0.105. The number of halogens is 3. The first-order valence-electron chi connectivity index (χ1n) is 9.67. The maximum absolute atomic E-state index is 13.1. The van der Waals surface area contributed by atoms with E-state index in [-0.39, 0.29) is 18.1 Å². The molecule has 1 amide bonds. The second-order valence-corrected chi connectivity index (χ2v) is 13.7. The van der Waals surface area contributed by atoms with Crippen molar-refractivity contribution in [3.05, 3.63) is 29.3 Å². The molecule has 1 aliphatic rings. The minimum absolute atomic E-state index is 0.0271. The van der Waals surface area contributed by atoms with Crippen molar-refractivity contribution in [2.75, 3.05) is 20.3 Å². The molecular formula is C20H31F3N2O3Si. The normalized spacial score (nSPS) is 20.2. The van der Waals surface area contributed by atoms with Crippen molar-refractivity contribution >= 4 is 14.2 Å². The van der Waals surface area contributed by atoms with Crippen molar-refractivity contribution in [3.8, 4) is 5.75 Å². The number of rotatable bonds is 6. The van der Waals surface area contributed by atoms with Crippen LogP contribution in [-0.2, 0) is 21.3 Å². The second-order valence-electron chi connectivity index (χ2n) is 8.92. The molecule has 0 radical (unpaired) electrons. The molecule has 0 bridgehead atoms. The van der Waals surface area contributed by atoms with Gasteiger partial charge in [0.05, 0.1) is 7.11 Å². The average molecular weight is 433 g/mol. The van der Waals surface area contributed by atoms with Gasteiger partial charge < -0.3 is 14.5 Å². The van der Waals surface area contributed by atoms with Gasteiger partial charge in [0.15, 0.2) is 8.32 Å². The molecule has 9 heteroatoms. The Labute approximate surface area is 171 Å².